The van der Waals surface area contributed by atoms with Gasteiger partial charge < -0.3 is 10.4 Å². The first-order valence-corrected chi connectivity index (χ1v) is 9.07. The van der Waals surface area contributed by atoms with E-state index in [0.29, 0.717) is 11.5 Å². The zero-order valence-electron chi connectivity index (χ0n) is 13.2. The van der Waals surface area contributed by atoms with Crippen molar-refractivity contribution in [2.45, 2.75) is 51.5 Å². The van der Waals surface area contributed by atoms with Crippen molar-refractivity contribution in [3.63, 3.8) is 0 Å². The molecule has 0 atom stereocenters. The average Bonchev–Trinajstić information content (AvgIpc) is 2.87. The molecule has 0 amide bonds. The molecule has 0 bridgehead atoms. The van der Waals surface area contributed by atoms with Gasteiger partial charge in [-0.2, -0.15) is 0 Å². The maximum absolute atomic E-state index is 11.1. The van der Waals surface area contributed by atoms with E-state index >= 15 is 0 Å². The number of carbonyl (C=O) groups is 1. The average molecular weight is 331 g/mol. The minimum Gasteiger partial charge on any atom is -0.481 e. The molecule has 5 nitrogen and oxygen atoms in total. The van der Waals surface area contributed by atoms with Crippen LogP contribution < -0.4 is 5.32 Å². The van der Waals surface area contributed by atoms with Crippen LogP contribution in [0.5, 0.6) is 0 Å². The van der Waals surface area contributed by atoms with Crippen LogP contribution in [0.2, 0.25) is 0 Å². The highest BCUT2D eigenvalue weighted by Crippen LogP contribution is 2.53. The van der Waals surface area contributed by atoms with Crippen molar-refractivity contribution in [3.05, 3.63) is 17.3 Å². The topological polar surface area (TPSA) is 75.1 Å². The zero-order valence-corrected chi connectivity index (χ0v) is 14.0. The van der Waals surface area contributed by atoms with Crippen molar-refractivity contribution in [2.24, 2.45) is 11.3 Å². The van der Waals surface area contributed by atoms with E-state index in [1.807, 2.05) is 0 Å². The molecule has 23 heavy (non-hydrogen) atoms. The lowest BCUT2D eigenvalue weighted by atomic mass is 9.57. The number of thiophene rings is 1. The molecular formula is C17H21N3O2S. The quantitative estimate of drug-likeness (QED) is 0.894. The van der Waals surface area contributed by atoms with E-state index in [1.165, 1.54) is 4.88 Å². The molecule has 2 saturated carbocycles. The number of hydrogen-bond donors (Lipinski definition) is 2. The predicted octanol–water partition coefficient (Wildman–Crippen LogP) is 3.84. The number of carboxylic acids is 1. The van der Waals surface area contributed by atoms with Gasteiger partial charge in [0.05, 0.1) is 11.3 Å². The Labute approximate surface area is 139 Å². The van der Waals surface area contributed by atoms with Gasteiger partial charge in [-0.25, -0.2) is 9.97 Å². The molecule has 0 unspecified atom stereocenters. The molecule has 0 aliphatic heterocycles. The summed E-state index contributed by atoms with van der Waals surface area (Å²) in [7, 11) is 0. The molecule has 2 aromatic heterocycles. The molecule has 122 valence electrons. The number of anilines is 1. The number of nitrogens with zero attached hydrogens (tertiary/aromatic N) is 2. The van der Waals surface area contributed by atoms with Crippen LogP contribution in [0.3, 0.4) is 0 Å². The number of aliphatic carboxylic acids is 1. The van der Waals surface area contributed by atoms with Crippen molar-refractivity contribution in [1.82, 2.24) is 9.97 Å². The van der Waals surface area contributed by atoms with Crippen LogP contribution in [0, 0.1) is 18.3 Å². The lowest BCUT2D eigenvalue weighted by molar-refractivity contribution is -0.144. The van der Waals surface area contributed by atoms with Gasteiger partial charge in [0.2, 0.25) is 0 Å². The van der Waals surface area contributed by atoms with Crippen LogP contribution in [0.15, 0.2) is 12.4 Å². The van der Waals surface area contributed by atoms with Gasteiger partial charge >= 0.3 is 5.97 Å². The summed E-state index contributed by atoms with van der Waals surface area (Å²) in [4.78, 5) is 22.1. The Balaban J connectivity index is 1.40. The minimum absolute atomic E-state index is 0.122. The first-order valence-electron chi connectivity index (χ1n) is 8.25. The van der Waals surface area contributed by atoms with E-state index in [4.69, 9.17) is 5.11 Å². The smallest absolute Gasteiger partial charge is 0.306 e. The van der Waals surface area contributed by atoms with Gasteiger partial charge in [0.15, 0.2) is 0 Å². The lowest BCUT2D eigenvalue weighted by Crippen LogP contribution is -2.47. The third kappa shape index (κ3) is 2.69. The van der Waals surface area contributed by atoms with Crippen LogP contribution >= 0.6 is 11.3 Å². The van der Waals surface area contributed by atoms with E-state index in [-0.39, 0.29) is 5.92 Å². The second-order valence-electron chi connectivity index (χ2n) is 7.16. The van der Waals surface area contributed by atoms with E-state index in [0.717, 1.165) is 54.6 Å². The summed E-state index contributed by atoms with van der Waals surface area (Å²) in [6, 6.07) is 2.60. The number of nitrogens with one attached hydrogen (secondary N) is 1. The first kappa shape index (κ1) is 14.9. The molecular weight excluding hydrogens is 310 g/mol. The number of fused-ring (bicyclic) bond motifs is 1. The second-order valence-corrected chi connectivity index (χ2v) is 8.39. The van der Waals surface area contributed by atoms with Crippen LogP contribution in [0.4, 0.5) is 5.82 Å². The third-order valence-electron chi connectivity index (χ3n) is 5.55. The predicted molar refractivity (Wildman–Crippen MR) is 90.8 cm³/mol. The van der Waals surface area contributed by atoms with Crippen LogP contribution in [-0.4, -0.2) is 27.1 Å². The third-order valence-corrected chi connectivity index (χ3v) is 6.51. The number of aromatic nitrogens is 2. The van der Waals surface area contributed by atoms with E-state index in [9.17, 15) is 4.79 Å². The first-order chi connectivity index (χ1) is 11.0. The Morgan fingerprint density at radius 2 is 2.09 bits per heavy atom. The minimum atomic E-state index is -0.620. The molecule has 2 aliphatic carbocycles. The fraction of sp³-hybridized carbons (Fsp3) is 0.588. The fourth-order valence-corrected chi connectivity index (χ4v) is 5.10. The summed E-state index contributed by atoms with van der Waals surface area (Å²) in [6.45, 7) is 2.09. The van der Waals surface area contributed by atoms with Gasteiger partial charge in [0.1, 0.15) is 17.0 Å². The number of hydrogen-bond acceptors (Lipinski definition) is 5. The summed E-state index contributed by atoms with van der Waals surface area (Å²) in [6.07, 6.45) is 7.68. The maximum atomic E-state index is 11.1. The van der Waals surface area contributed by atoms with Crippen molar-refractivity contribution in [1.29, 1.82) is 0 Å². The highest BCUT2D eigenvalue weighted by Gasteiger charge is 2.47. The van der Waals surface area contributed by atoms with Crippen molar-refractivity contribution >= 4 is 33.3 Å². The number of aryl methyl sites for hydroxylation is 1. The molecule has 0 radical (unpaired) electrons. The van der Waals surface area contributed by atoms with Gasteiger partial charge in [-0.05, 0) is 56.9 Å². The Morgan fingerprint density at radius 1 is 1.35 bits per heavy atom. The maximum Gasteiger partial charge on any atom is 0.306 e. The van der Waals surface area contributed by atoms with E-state index in [2.05, 4.69) is 28.3 Å². The largest absolute Gasteiger partial charge is 0.481 e. The van der Waals surface area contributed by atoms with E-state index in [1.54, 1.807) is 17.7 Å². The van der Waals surface area contributed by atoms with Gasteiger partial charge in [0, 0.05) is 10.9 Å². The monoisotopic (exact) mass is 331 g/mol. The van der Waals surface area contributed by atoms with Crippen molar-refractivity contribution < 1.29 is 9.90 Å². The van der Waals surface area contributed by atoms with Gasteiger partial charge in [-0.15, -0.1) is 11.3 Å². The number of rotatable bonds is 3. The standard InChI is InChI=1S/C17H21N3O2S/c1-10-6-13-14(18-9-19-15(13)23-10)20-12-7-17(8-12)4-2-11(3-5-17)16(21)22/h6,9,11-12H,2-5,7-8H2,1H3,(H,21,22)(H,18,19,20). The Bertz CT molecular complexity index is 741. The second kappa shape index (κ2) is 5.44. The molecule has 6 heteroatoms. The number of carboxylic acid groups (broad SMARTS) is 1. The Kier molecular flexibility index (Phi) is 3.52. The van der Waals surface area contributed by atoms with Crippen LogP contribution in [0.1, 0.15) is 43.4 Å². The Morgan fingerprint density at radius 3 is 2.78 bits per heavy atom. The van der Waals surface area contributed by atoms with Gasteiger partial charge in [0.25, 0.3) is 0 Å². The van der Waals surface area contributed by atoms with E-state index < -0.39 is 5.97 Å². The highest BCUT2D eigenvalue weighted by molar-refractivity contribution is 7.18. The molecule has 2 aromatic rings. The molecule has 1 spiro atoms. The molecule has 2 N–H and O–H groups in total. The van der Waals surface area contributed by atoms with Crippen LogP contribution in [0.25, 0.3) is 10.2 Å². The van der Waals surface area contributed by atoms with Gasteiger partial charge in [-0.1, -0.05) is 0 Å². The summed E-state index contributed by atoms with van der Waals surface area (Å²) in [5, 5.41) is 13.8. The highest BCUT2D eigenvalue weighted by atomic mass is 32.1. The summed E-state index contributed by atoms with van der Waals surface area (Å²) in [5.74, 6) is 0.200. The van der Waals surface area contributed by atoms with Crippen LogP contribution in [-0.2, 0) is 4.79 Å². The molecule has 2 heterocycles. The summed E-state index contributed by atoms with van der Waals surface area (Å²) < 4.78 is 0. The zero-order chi connectivity index (χ0) is 16.0. The Hall–Kier alpha value is -1.69. The van der Waals surface area contributed by atoms with Crippen molar-refractivity contribution in [3.8, 4) is 0 Å². The molecule has 0 saturated heterocycles. The normalized spacial score (nSPS) is 30.3. The molecule has 2 fully saturated rings. The summed E-state index contributed by atoms with van der Waals surface area (Å²) >= 11 is 1.70. The van der Waals surface area contributed by atoms with Gasteiger partial charge in [-0.3, -0.25) is 4.79 Å². The molecule has 2 aliphatic rings. The molecule has 4 rings (SSSR count). The lowest BCUT2D eigenvalue weighted by Gasteiger charge is -2.51. The summed E-state index contributed by atoms with van der Waals surface area (Å²) in [5.41, 5.74) is 0.375. The van der Waals surface area contributed by atoms with Crippen molar-refractivity contribution in [2.75, 3.05) is 5.32 Å². The fourth-order valence-electron chi connectivity index (χ4n) is 4.26. The molecule has 0 aromatic carbocycles. The SMILES string of the molecule is Cc1cc2c(NC3CC4(CCC(C(=O)O)CC4)C3)ncnc2s1.